The van der Waals surface area contributed by atoms with Crippen LogP contribution in [0.5, 0.6) is 0 Å². The molecule has 0 aromatic carbocycles. The molecule has 2 unspecified atom stereocenters. The third-order valence-electron chi connectivity index (χ3n) is 4.59. The Hall–Kier alpha value is -1.52. The molecule has 0 aliphatic carbocycles. The van der Waals surface area contributed by atoms with Crippen molar-refractivity contribution in [2.45, 2.75) is 91.6 Å². The third kappa shape index (κ3) is 26.9. The quantitative estimate of drug-likeness (QED) is 0.148. The molecule has 0 spiro atoms. The Bertz CT molecular complexity index is 511. The van der Waals surface area contributed by atoms with Gasteiger partial charge in [-0.25, -0.2) is 4.79 Å². The van der Waals surface area contributed by atoms with Crippen LogP contribution in [0.4, 0.5) is 4.79 Å². The molecule has 3 amide bonds. The highest BCUT2D eigenvalue weighted by atomic mass is 31.2. The predicted octanol–water partition coefficient (Wildman–Crippen LogP) is 3.02. The molecule has 2 atom stereocenters. The number of unbranched alkanes of at least 4 members (excludes halogenated alkanes) is 4. The fourth-order valence-electron chi connectivity index (χ4n) is 2.86. The zero-order valence-electron chi connectivity index (χ0n) is 22.3. The molecule has 0 aromatic rings. The molecule has 1 rings (SSSR count). The standard InChI is InChI=1S/C17H31N3O5.C2H7O3P.2C2H6/c21-14-9-12-20(13-14)16(23)8-4-2-5-10-18-15(22)7-3-1-6-11-19-17(24)25;1-5-6(4)2-3;2*1-2/h14,19,21H,1-13H2,(H,18,22)(H,24,25);3-4H,2H2,1H3;2*1-2H3. The number of hydrogen-bond donors (Lipinski definition) is 6. The van der Waals surface area contributed by atoms with Gasteiger partial charge in [0.1, 0.15) is 6.35 Å². The van der Waals surface area contributed by atoms with Crippen molar-refractivity contribution in [3.8, 4) is 0 Å². The molecule has 1 aliphatic rings. The number of β-amino-alcohol motifs (C(OH)–C–C–N with tert-alkyl or cyclic N) is 1. The molecular formula is C23H50N3O8P. The number of hydrogen-bond acceptors (Lipinski definition) is 7. The van der Waals surface area contributed by atoms with Crippen molar-refractivity contribution in [1.82, 2.24) is 15.5 Å². The topological polar surface area (TPSA) is 169 Å². The fraction of sp³-hybridized carbons (Fsp3) is 0.870. The van der Waals surface area contributed by atoms with Crippen LogP contribution >= 0.6 is 8.38 Å². The summed E-state index contributed by atoms with van der Waals surface area (Å²) >= 11 is 0. The number of aliphatic hydroxyl groups excluding tert-OH is 2. The number of carbonyl (C=O) groups is 3. The van der Waals surface area contributed by atoms with Gasteiger partial charge in [0.15, 0.2) is 8.38 Å². The minimum atomic E-state index is -1.52. The van der Waals surface area contributed by atoms with Crippen LogP contribution < -0.4 is 10.6 Å². The molecular weight excluding hydrogens is 477 g/mol. The van der Waals surface area contributed by atoms with E-state index in [9.17, 15) is 19.5 Å². The molecule has 1 saturated heterocycles. The second-order valence-corrected chi connectivity index (χ2v) is 8.51. The van der Waals surface area contributed by atoms with E-state index in [1.165, 1.54) is 7.11 Å². The molecule has 11 nitrogen and oxygen atoms in total. The molecule has 0 radical (unpaired) electrons. The van der Waals surface area contributed by atoms with Gasteiger partial charge < -0.3 is 40.3 Å². The van der Waals surface area contributed by atoms with Crippen LogP contribution in [-0.2, 0) is 14.1 Å². The van der Waals surface area contributed by atoms with E-state index >= 15 is 0 Å². The van der Waals surface area contributed by atoms with Gasteiger partial charge in [-0.2, -0.15) is 0 Å². The summed E-state index contributed by atoms with van der Waals surface area (Å²) < 4.78 is 4.27. The second kappa shape index (κ2) is 28.7. The summed E-state index contributed by atoms with van der Waals surface area (Å²) in [7, 11) is -0.171. The first kappa shape index (κ1) is 38.0. The van der Waals surface area contributed by atoms with Gasteiger partial charge in [0.25, 0.3) is 0 Å². The van der Waals surface area contributed by atoms with E-state index in [4.69, 9.17) is 15.1 Å². The number of carbonyl (C=O) groups excluding carboxylic acids is 2. The van der Waals surface area contributed by atoms with Crippen LogP contribution in [0, 0.1) is 0 Å². The van der Waals surface area contributed by atoms with Gasteiger partial charge in [-0.3, -0.25) is 9.59 Å². The summed E-state index contributed by atoms with van der Waals surface area (Å²) in [5, 5.41) is 31.0. The molecule has 0 bridgehead atoms. The van der Waals surface area contributed by atoms with Gasteiger partial charge in [0.2, 0.25) is 11.8 Å². The summed E-state index contributed by atoms with van der Waals surface area (Å²) in [6, 6.07) is 0. The number of aliphatic hydroxyl groups is 2. The molecule has 35 heavy (non-hydrogen) atoms. The van der Waals surface area contributed by atoms with Crippen LogP contribution in [0.15, 0.2) is 0 Å². The number of carboxylic acid groups (broad SMARTS) is 1. The minimum absolute atomic E-state index is 0.0216. The van der Waals surface area contributed by atoms with Crippen LogP contribution in [0.1, 0.15) is 85.5 Å². The Balaban J connectivity index is -0.000000875. The molecule has 1 heterocycles. The number of rotatable bonds is 14. The normalized spacial score (nSPS) is 14.7. The largest absolute Gasteiger partial charge is 0.465 e. The fourth-order valence-corrected chi connectivity index (χ4v) is 2.98. The number of nitrogens with zero attached hydrogens (tertiary/aromatic N) is 1. The molecule has 6 N–H and O–H groups in total. The maximum absolute atomic E-state index is 11.9. The van der Waals surface area contributed by atoms with Gasteiger partial charge >= 0.3 is 6.09 Å². The summed E-state index contributed by atoms with van der Waals surface area (Å²) in [6.07, 6.45) is 4.84. The average molecular weight is 528 g/mol. The Morgan fingerprint density at radius 3 is 1.91 bits per heavy atom. The van der Waals surface area contributed by atoms with Gasteiger partial charge in [-0.15, -0.1) is 0 Å². The Labute approximate surface area is 212 Å². The Morgan fingerprint density at radius 2 is 1.49 bits per heavy atom. The Morgan fingerprint density at radius 1 is 0.943 bits per heavy atom. The van der Waals surface area contributed by atoms with Gasteiger partial charge in [0.05, 0.1) is 6.10 Å². The first-order valence-electron chi connectivity index (χ1n) is 12.6. The lowest BCUT2D eigenvalue weighted by atomic mass is 10.1. The number of likely N-dealkylation sites (tertiary alicyclic amines) is 1. The first-order valence-corrected chi connectivity index (χ1v) is 14.0. The average Bonchev–Trinajstić information content (AvgIpc) is 3.31. The molecule has 1 fully saturated rings. The van der Waals surface area contributed by atoms with E-state index in [0.29, 0.717) is 45.4 Å². The minimum Gasteiger partial charge on any atom is -0.465 e. The second-order valence-electron chi connectivity index (χ2n) is 7.16. The van der Waals surface area contributed by atoms with Gasteiger partial charge in [0, 0.05) is 46.1 Å². The van der Waals surface area contributed by atoms with Gasteiger partial charge in [-0.05, 0) is 32.1 Å². The van der Waals surface area contributed by atoms with Crippen molar-refractivity contribution in [1.29, 1.82) is 0 Å². The monoisotopic (exact) mass is 527 g/mol. The number of nitrogens with one attached hydrogen (secondary N) is 2. The van der Waals surface area contributed by atoms with E-state index in [2.05, 4.69) is 15.2 Å². The van der Waals surface area contributed by atoms with Crippen LogP contribution in [-0.4, -0.2) is 88.8 Å². The first-order chi connectivity index (χ1) is 16.8. The highest BCUT2D eigenvalue weighted by Gasteiger charge is 2.23. The van der Waals surface area contributed by atoms with Crippen molar-refractivity contribution in [3.05, 3.63) is 0 Å². The summed E-state index contributed by atoms with van der Waals surface area (Å²) in [5.74, 6) is 0.131. The van der Waals surface area contributed by atoms with Crippen molar-refractivity contribution in [3.63, 3.8) is 0 Å². The highest BCUT2D eigenvalue weighted by molar-refractivity contribution is 7.45. The smallest absolute Gasteiger partial charge is 0.404 e. The lowest BCUT2D eigenvalue weighted by Gasteiger charge is -2.15. The third-order valence-corrected chi connectivity index (χ3v) is 5.26. The van der Waals surface area contributed by atoms with E-state index in [1.54, 1.807) is 4.90 Å². The lowest BCUT2D eigenvalue weighted by molar-refractivity contribution is -0.130. The van der Waals surface area contributed by atoms with Crippen molar-refractivity contribution in [2.24, 2.45) is 0 Å². The van der Waals surface area contributed by atoms with Crippen molar-refractivity contribution >= 4 is 26.3 Å². The predicted molar refractivity (Wildman–Crippen MR) is 139 cm³/mol. The summed E-state index contributed by atoms with van der Waals surface area (Å²) in [6.45, 7) is 10.2. The maximum atomic E-state index is 11.9. The SMILES string of the molecule is CC.CC.COP(O)CO.O=C(O)NCCCCCC(=O)NCCCCCC(=O)N1CCC(O)C1. The Kier molecular flexibility index (Phi) is 31.2. The maximum Gasteiger partial charge on any atom is 0.404 e. The summed E-state index contributed by atoms with van der Waals surface area (Å²) in [5.41, 5.74) is 0. The van der Waals surface area contributed by atoms with E-state index < -0.39 is 14.5 Å². The van der Waals surface area contributed by atoms with E-state index in [0.717, 1.165) is 38.5 Å². The van der Waals surface area contributed by atoms with Crippen LogP contribution in [0.3, 0.4) is 0 Å². The van der Waals surface area contributed by atoms with Crippen LogP contribution in [0.25, 0.3) is 0 Å². The van der Waals surface area contributed by atoms with Gasteiger partial charge in [-0.1, -0.05) is 40.5 Å². The van der Waals surface area contributed by atoms with E-state index in [1.807, 2.05) is 27.7 Å². The molecule has 1 aliphatic heterocycles. The van der Waals surface area contributed by atoms with Crippen molar-refractivity contribution < 1.29 is 39.1 Å². The molecule has 0 aromatic heterocycles. The zero-order valence-corrected chi connectivity index (χ0v) is 23.2. The summed E-state index contributed by atoms with van der Waals surface area (Å²) in [4.78, 5) is 43.7. The zero-order chi connectivity index (χ0) is 27.5. The van der Waals surface area contributed by atoms with Crippen LogP contribution in [0.2, 0.25) is 0 Å². The number of amides is 3. The molecule has 210 valence electrons. The lowest BCUT2D eigenvalue weighted by Crippen LogP contribution is -2.29. The highest BCUT2D eigenvalue weighted by Crippen LogP contribution is 2.26. The van der Waals surface area contributed by atoms with Crippen molar-refractivity contribution in [2.75, 3.05) is 39.6 Å². The molecule has 0 saturated carbocycles. The molecule has 12 heteroatoms. The van der Waals surface area contributed by atoms with E-state index in [-0.39, 0.29) is 24.3 Å².